The molecule has 1 atom stereocenters. The number of para-hydroxylation sites is 1. The predicted octanol–water partition coefficient (Wildman–Crippen LogP) is 2.67. The zero-order valence-corrected chi connectivity index (χ0v) is 17.0. The number of benzene rings is 3. The normalized spacial score (nSPS) is 17.8. The number of hydrogen-bond donors (Lipinski definition) is 1. The van der Waals surface area contributed by atoms with E-state index >= 15 is 0 Å². The summed E-state index contributed by atoms with van der Waals surface area (Å²) >= 11 is 0. The lowest BCUT2D eigenvalue weighted by Crippen LogP contribution is -2.60. The van der Waals surface area contributed by atoms with Gasteiger partial charge in [0.1, 0.15) is 5.75 Å². The van der Waals surface area contributed by atoms with E-state index in [1.165, 1.54) is 36.2 Å². The molecule has 9 nitrogen and oxygen atoms in total. The number of nitrogens with zero attached hydrogens (tertiary/aromatic N) is 3. The Morgan fingerprint density at radius 1 is 1.03 bits per heavy atom. The van der Waals surface area contributed by atoms with Gasteiger partial charge in [0.25, 0.3) is 17.3 Å². The Bertz CT molecular complexity index is 1240. The van der Waals surface area contributed by atoms with Crippen molar-refractivity contribution in [2.45, 2.75) is 5.66 Å². The van der Waals surface area contributed by atoms with Crippen LogP contribution < -0.4 is 15.4 Å². The number of esters is 1. The second-order valence-corrected chi connectivity index (χ2v) is 7.11. The van der Waals surface area contributed by atoms with Crippen molar-refractivity contribution in [2.75, 3.05) is 11.9 Å². The lowest BCUT2D eigenvalue weighted by molar-refractivity contribution is -0.384. The van der Waals surface area contributed by atoms with Gasteiger partial charge in [-0.1, -0.05) is 48.5 Å². The molecule has 0 saturated carbocycles. The van der Waals surface area contributed by atoms with Crippen LogP contribution in [0.25, 0.3) is 0 Å². The quantitative estimate of drug-likeness (QED) is 0.223. The number of nitro benzene ring substituents is 1. The van der Waals surface area contributed by atoms with Gasteiger partial charge in [-0.3, -0.25) is 20.6 Å². The van der Waals surface area contributed by atoms with Crippen molar-refractivity contribution in [1.29, 1.82) is 0 Å². The summed E-state index contributed by atoms with van der Waals surface area (Å²) in [6.07, 6.45) is 0. The maximum atomic E-state index is 13.3. The zero-order valence-electron chi connectivity index (χ0n) is 17.0. The molecule has 1 unspecified atom stereocenters. The van der Waals surface area contributed by atoms with Crippen LogP contribution in [0.4, 0.5) is 11.4 Å². The van der Waals surface area contributed by atoms with E-state index in [4.69, 9.17) is 10.5 Å². The van der Waals surface area contributed by atoms with E-state index in [0.717, 1.165) is 0 Å². The molecule has 0 aliphatic carbocycles. The monoisotopic (exact) mass is 430 g/mol. The van der Waals surface area contributed by atoms with Gasteiger partial charge in [-0.25, -0.2) is 9.79 Å². The maximum absolute atomic E-state index is 13.3. The minimum absolute atomic E-state index is 0.000833. The highest BCUT2D eigenvalue weighted by atomic mass is 16.6. The fraction of sp³-hybridized carbons (Fsp3) is 0.0870. The van der Waals surface area contributed by atoms with Gasteiger partial charge in [0.2, 0.25) is 0 Å². The summed E-state index contributed by atoms with van der Waals surface area (Å²) in [6, 6.07) is 21.0. The Morgan fingerprint density at radius 2 is 1.66 bits per heavy atom. The summed E-state index contributed by atoms with van der Waals surface area (Å²) in [6.45, 7) is 0. The predicted molar refractivity (Wildman–Crippen MR) is 118 cm³/mol. The molecule has 1 aliphatic rings. The van der Waals surface area contributed by atoms with Crippen molar-refractivity contribution in [3.8, 4) is 5.75 Å². The number of anilines is 1. The highest BCUT2D eigenvalue weighted by Gasteiger charge is 2.49. The number of amides is 1. The SMILES string of the molecule is CN1C(=O)C(N)(C(=O)Oc2ccc([N+](=O)[O-])cc2)N=C(c2ccccc2)c2ccccc21. The highest BCUT2D eigenvalue weighted by molar-refractivity contribution is 6.24. The molecule has 2 N–H and O–H groups in total. The third-order valence-corrected chi connectivity index (χ3v) is 5.06. The van der Waals surface area contributed by atoms with Gasteiger partial charge in [0.15, 0.2) is 0 Å². The van der Waals surface area contributed by atoms with Crippen molar-refractivity contribution in [2.24, 2.45) is 10.7 Å². The van der Waals surface area contributed by atoms with Crippen LogP contribution in [0.2, 0.25) is 0 Å². The van der Waals surface area contributed by atoms with Gasteiger partial charge in [0.05, 0.1) is 16.3 Å². The topological polar surface area (TPSA) is 128 Å². The molecule has 1 aliphatic heterocycles. The molecule has 1 heterocycles. The summed E-state index contributed by atoms with van der Waals surface area (Å²) in [7, 11) is 1.51. The first-order valence-electron chi connectivity index (χ1n) is 9.59. The number of aliphatic imine (C=N–C) groups is 1. The van der Waals surface area contributed by atoms with Crippen LogP contribution in [0.15, 0.2) is 83.9 Å². The van der Waals surface area contributed by atoms with Crippen molar-refractivity contribution in [3.05, 3.63) is 100 Å². The van der Waals surface area contributed by atoms with Crippen LogP contribution in [-0.4, -0.2) is 35.2 Å². The van der Waals surface area contributed by atoms with Crippen LogP contribution in [0.3, 0.4) is 0 Å². The first-order chi connectivity index (χ1) is 15.3. The molecule has 0 bridgehead atoms. The molecule has 4 rings (SSSR count). The molecule has 0 saturated heterocycles. The van der Waals surface area contributed by atoms with E-state index in [1.54, 1.807) is 36.4 Å². The van der Waals surface area contributed by atoms with Crippen LogP contribution in [0.1, 0.15) is 11.1 Å². The number of carbonyl (C=O) groups is 2. The number of non-ortho nitro benzene ring substituents is 1. The number of ether oxygens (including phenoxy) is 1. The van der Waals surface area contributed by atoms with Gasteiger partial charge in [-0.2, -0.15) is 0 Å². The molecule has 0 spiro atoms. The lowest BCUT2D eigenvalue weighted by atomic mass is 10.0. The third-order valence-electron chi connectivity index (χ3n) is 5.06. The smallest absolute Gasteiger partial charge is 0.364 e. The average molecular weight is 430 g/mol. The van der Waals surface area contributed by atoms with Gasteiger partial charge in [-0.05, 0) is 18.2 Å². The molecule has 0 aromatic heterocycles. The third kappa shape index (κ3) is 3.61. The molecule has 160 valence electrons. The number of rotatable bonds is 4. The number of nitrogens with two attached hydrogens (primary N) is 1. The van der Waals surface area contributed by atoms with Crippen molar-refractivity contribution < 1.29 is 19.2 Å². The highest BCUT2D eigenvalue weighted by Crippen LogP contribution is 2.30. The summed E-state index contributed by atoms with van der Waals surface area (Å²) < 4.78 is 5.31. The van der Waals surface area contributed by atoms with Crippen LogP contribution in [0, 0.1) is 10.1 Å². The molecular weight excluding hydrogens is 412 g/mol. The number of likely N-dealkylation sites (N-methyl/N-ethyl adjacent to an activating group) is 1. The van der Waals surface area contributed by atoms with Gasteiger partial charge >= 0.3 is 5.97 Å². The van der Waals surface area contributed by atoms with E-state index in [-0.39, 0.29) is 11.4 Å². The molecule has 1 amide bonds. The van der Waals surface area contributed by atoms with Crippen LogP contribution >= 0.6 is 0 Å². The van der Waals surface area contributed by atoms with Crippen molar-refractivity contribution in [1.82, 2.24) is 0 Å². The number of carbonyl (C=O) groups excluding carboxylic acids is 2. The van der Waals surface area contributed by atoms with E-state index in [1.807, 2.05) is 18.2 Å². The largest absolute Gasteiger partial charge is 0.423 e. The second kappa shape index (κ2) is 8.05. The van der Waals surface area contributed by atoms with Gasteiger partial charge in [0, 0.05) is 30.3 Å². The number of benzodiazepines with no additional fused rings is 1. The second-order valence-electron chi connectivity index (χ2n) is 7.11. The van der Waals surface area contributed by atoms with Gasteiger partial charge < -0.3 is 9.64 Å². The van der Waals surface area contributed by atoms with E-state index in [0.29, 0.717) is 22.5 Å². The molecule has 9 heteroatoms. The standard InChI is InChI=1S/C23H18N4O5/c1-26-19-10-6-5-9-18(19)20(15-7-3-2-4-8-15)25-23(24,21(26)28)22(29)32-17-13-11-16(12-14-17)27(30)31/h2-14H,24H2,1H3. The van der Waals surface area contributed by atoms with Crippen molar-refractivity contribution >= 4 is 29.0 Å². The van der Waals surface area contributed by atoms with Gasteiger partial charge in [-0.15, -0.1) is 0 Å². The minimum Gasteiger partial charge on any atom is -0.423 e. The van der Waals surface area contributed by atoms with E-state index in [9.17, 15) is 19.7 Å². The molecule has 0 fully saturated rings. The maximum Gasteiger partial charge on any atom is 0.364 e. The summed E-state index contributed by atoms with van der Waals surface area (Å²) in [5.41, 5.74) is 5.96. The van der Waals surface area contributed by atoms with E-state index in [2.05, 4.69) is 4.99 Å². The Hall–Kier alpha value is -4.37. The zero-order chi connectivity index (χ0) is 22.9. The number of nitro groups is 1. The Labute approximate surface area is 182 Å². The molecule has 3 aromatic rings. The average Bonchev–Trinajstić information content (AvgIpc) is 2.90. The molecular formula is C23H18N4O5. The van der Waals surface area contributed by atoms with Crippen molar-refractivity contribution in [3.63, 3.8) is 0 Å². The number of fused-ring (bicyclic) bond motifs is 1. The van der Waals surface area contributed by atoms with E-state index < -0.39 is 22.5 Å². The molecule has 3 aromatic carbocycles. The fourth-order valence-corrected chi connectivity index (χ4v) is 3.39. The minimum atomic E-state index is -2.37. The van der Waals surface area contributed by atoms with Crippen LogP contribution in [-0.2, 0) is 9.59 Å². The first-order valence-corrected chi connectivity index (χ1v) is 9.59. The number of hydrogen-bond acceptors (Lipinski definition) is 7. The first kappa shape index (κ1) is 20.9. The fourth-order valence-electron chi connectivity index (χ4n) is 3.39. The Balaban J connectivity index is 1.80. The molecule has 32 heavy (non-hydrogen) atoms. The van der Waals surface area contributed by atoms with Crippen LogP contribution in [0.5, 0.6) is 5.75 Å². The molecule has 0 radical (unpaired) electrons. The summed E-state index contributed by atoms with van der Waals surface area (Å²) in [5, 5.41) is 10.8. The summed E-state index contributed by atoms with van der Waals surface area (Å²) in [4.78, 5) is 42.3. The Kier molecular flexibility index (Phi) is 5.25. The Morgan fingerprint density at radius 3 is 2.31 bits per heavy atom. The summed E-state index contributed by atoms with van der Waals surface area (Å²) in [5.74, 6) is -1.88. The lowest BCUT2D eigenvalue weighted by Gasteiger charge is -2.25.